The maximum atomic E-state index is 12.6. The average Bonchev–Trinajstić information content (AvgIpc) is 2.45. The predicted octanol–water partition coefficient (Wildman–Crippen LogP) is 2.78. The van der Waals surface area contributed by atoms with Gasteiger partial charge in [-0.1, -0.05) is 0 Å². The summed E-state index contributed by atoms with van der Waals surface area (Å²) < 4.78 is 27.2. The van der Waals surface area contributed by atoms with E-state index in [0.29, 0.717) is 5.56 Å². The fraction of sp³-hybridized carbons (Fsp3) is 0.588. The van der Waals surface area contributed by atoms with E-state index in [4.69, 9.17) is 0 Å². The second kappa shape index (κ2) is 6.61. The van der Waals surface area contributed by atoms with Crippen molar-refractivity contribution in [2.75, 3.05) is 6.54 Å². The summed E-state index contributed by atoms with van der Waals surface area (Å²) in [5, 5.41) is 0. The minimum absolute atomic E-state index is 0.0232. The van der Waals surface area contributed by atoms with Crippen LogP contribution in [-0.2, 0) is 10.0 Å². The Balaban J connectivity index is 2.17. The second-order valence-corrected chi connectivity index (χ2v) is 8.91. The van der Waals surface area contributed by atoms with Crippen LogP contribution in [0.25, 0.3) is 0 Å². The minimum atomic E-state index is -3.57. The number of benzene rings is 1. The Morgan fingerprint density at radius 3 is 2.30 bits per heavy atom. The molecule has 1 fully saturated rings. The van der Waals surface area contributed by atoms with Gasteiger partial charge in [0, 0.05) is 23.7 Å². The van der Waals surface area contributed by atoms with Crippen molar-refractivity contribution in [3.63, 3.8) is 0 Å². The predicted molar refractivity (Wildman–Crippen MR) is 90.9 cm³/mol. The van der Waals surface area contributed by atoms with Crippen molar-refractivity contribution in [3.8, 4) is 0 Å². The molecule has 1 aliphatic rings. The molecular weight excluding hydrogens is 312 g/mol. The van der Waals surface area contributed by atoms with Crippen LogP contribution in [0.1, 0.15) is 57.3 Å². The third-order valence-corrected chi connectivity index (χ3v) is 5.69. The number of hydrogen-bond donors (Lipinski definition) is 1. The van der Waals surface area contributed by atoms with Crippen LogP contribution in [0.4, 0.5) is 0 Å². The zero-order valence-electron chi connectivity index (χ0n) is 14.3. The van der Waals surface area contributed by atoms with Crippen LogP contribution in [0.15, 0.2) is 29.2 Å². The molecule has 23 heavy (non-hydrogen) atoms. The van der Waals surface area contributed by atoms with Gasteiger partial charge in [0.05, 0.1) is 4.90 Å². The number of amides is 1. The molecule has 0 aliphatic carbocycles. The van der Waals surface area contributed by atoms with Crippen molar-refractivity contribution in [3.05, 3.63) is 29.8 Å². The van der Waals surface area contributed by atoms with Gasteiger partial charge in [-0.25, -0.2) is 13.1 Å². The summed E-state index contributed by atoms with van der Waals surface area (Å²) in [5.74, 6) is -0.0232. The first kappa shape index (κ1) is 17.9. The fourth-order valence-electron chi connectivity index (χ4n) is 2.80. The molecule has 1 aromatic rings. The highest BCUT2D eigenvalue weighted by Gasteiger charge is 2.25. The van der Waals surface area contributed by atoms with Gasteiger partial charge < -0.3 is 4.90 Å². The van der Waals surface area contributed by atoms with Crippen molar-refractivity contribution in [2.45, 2.75) is 63.4 Å². The highest BCUT2D eigenvalue weighted by molar-refractivity contribution is 7.89. The minimum Gasteiger partial charge on any atom is -0.336 e. The van der Waals surface area contributed by atoms with Crippen LogP contribution in [0.5, 0.6) is 0 Å². The van der Waals surface area contributed by atoms with Gasteiger partial charge in [-0.2, -0.15) is 0 Å². The zero-order chi connectivity index (χ0) is 17.3. The third kappa shape index (κ3) is 4.54. The molecule has 1 heterocycles. The summed E-state index contributed by atoms with van der Waals surface area (Å²) in [4.78, 5) is 14.6. The highest BCUT2D eigenvalue weighted by atomic mass is 32.2. The molecule has 1 saturated heterocycles. The van der Waals surface area contributed by atoms with E-state index in [0.717, 1.165) is 25.8 Å². The number of nitrogens with one attached hydrogen (secondary N) is 1. The lowest BCUT2D eigenvalue weighted by molar-refractivity contribution is 0.0635. The van der Waals surface area contributed by atoms with Crippen LogP contribution in [-0.4, -0.2) is 37.4 Å². The zero-order valence-corrected chi connectivity index (χ0v) is 15.1. The van der Waals surface area contributed by atoms with E-state index in [1.54, 1.807) is 32.9 Å². The molecule has 1 amide bonds. The van der Waals surface area contributed by atoms with Crippen LogP contribution < -0.4 is 4.72 Å². The molecule has 128 valence electrons. The van der Waals surface area contributed by atoms with Crippen LogP contribution in [0.3, 0.4) is 0 Å². The number of likely N-dealkylation sites (tertiary alicyclic amines) is 1. The molecule has 0 aromatic heterocycles. The molecule has 0 saturated carbocycles. The topological polar surface area (TPSA) is 66.5 Å². The highest BCUT2D eigenvalue weighted by Crippen LogP contribution is 2.20. The monoisotopic (exact) mass is 338 g/mol. The molecular formula is C17H26N2O3S. The van der Waals surface area contributed by atoms with Gasteiger partial charge in [0.2, 0.25) is 10.0 Å². The van der Waals surface area contributed by atoms with Gasteiger partial charge in [0.1, 0.15) is 0 Å². The number of carbonyl (C=O) groups is 1. The molecule has 0 radical (unpaired) electrons. The van der Waals surface area contributed by atoms with Crippen LogP contribution >= 0.6 is 0 Å². The van der Waals surface area contributed by atoms with Gasteiger partial charge in [-0.3, -0.25) is 4.79 Å². The van der Waals surface area contributed by atoms with Crippen molar-refractivity contribution >= 4 is 15.9 Å². The number of rotatable bonds is 3. The van der Waals surface area contributed by atoms with Gasteiger partial charge >= 0.3 is 0 Å². The number of nitrogens with zero attached hydrogens (tertiary/aromatic N) is 1. The molecule has 1 aromatic carbocycles. The Hall–Kier alpha value is -1.40. The summed E-state index contributed by atoms with van der Waals surface area (Å²) in [6.07, 6.45) is 3.20. The summed E-state index contributed by atoms with van der Waals surface area (Å²) in [5.41, 5.74) is -0.00947. The molecule has 1 atom stereocenters. The van der Waals surface area contributed by atoms with Crippen molar-refractivity contribution in [1.82, 2.24) is 9.62 Å². The Bertz CT molecular complexity index is 660. The maximum Gasteiger partial charge on any atom is 0.254 e. The Morgan fingerprint density at radius 2 is 1.78 bits per heavy atom. The number of carbonyl (C=O) groups excluding carboxylic acids is 1. The summed E-state index contributed by atoms with van der Waals surface area (Å²) in [6, 6.07) is 6.43. The summed E-state index contributed by atoms with van der Waals surface area (Å²) in [6.45, 7) is 8.20. The first-order valence-electron chi connectivity index (χ1n) is 8.05. The SMILES string of the molecule is CC1CCCCN1C(=O)c1ccc(S(=O)(=O)NC(C)(C)C)cc1. The van der Waals surface area contributed by atoms with Gasteiger partial charge in [-0.15, -0.1) is 0 Å². The molecule has 1 N–H and O–H groups in total. The van der Waals surface area contributed by atoms with Gasteiger partial charge in [0.25, 0.3) is 5.91 Å². The third-order valence-electron chi connectivity index (χ3n) is 3.92. The largest absolute Gasteiger partial charge is 0.336 e. The standard InChI is InChI=1S/C17H26N2O3S/c1-13-7-5-6-12-19(13)16(20)14-8-10-15(11-9-14)23(21,22)18-17(2,3)4/h8-11,13,18H,5-7,12H2,1-4H3. The van der Waals surface area contributed by atoms with Gasteiger partial charge in [-0.05, 0) is 71.2 Å². The molecule has 1 aliphatic heterocycles. The molecule has 5 nitrogen and oxygen atoms in total. The molecule has 2 rings (SSSR count). The lowest BCUT2D eigenvalue weighted by Gasteiger charge is -2.33. The summed E-state index contributed by atoms with van der Waals surface area (Å²) >= 11 is 0. The van der Waals surface area contributed by atoms with Crippen molar-refractivity contribution < 1.29 is 13.2 Å². The molecule has 0 spiro atoms. The van der Waals surface area contributed by atoms with E-state index >= 15 is 0 Å². The van der Waals surface area contributed by atoms with Crippen molar-refractivity contribution in [2.24, 2.45) is 0 Å². The van der Waals surface area contributed by atoms with E-state index in [1.165, 1.54) is 12.1 Å². The van der Waals surface area contributed by atoms with Crippen LogP contribution in [0.2, 0.25) is 0 Å². The van der Waals surface area contributed by atoms with Crippen LogP contribution in [0, 0.1) is 0 Å². The number of piperidine rings is 1. The molecule has 1 unspecified atom stereocenters. The second-order valence-electron chi connectivity index (χ2n) is 7.22. The normalized spacial score (nSPS) is 19.7. The lowest BCUT2D eigenvalue weighted by Crippen LogP contribution is -2.42. The van der Waals surface area contributed by atoms with Crippen molar-refractivity contribution in [1.29, 1.82) is 0 Å². The quantitative estimate of drug-likeness (QED) is 0.921. The Kier molecular flexibility index (Phi) is 5.16. The first-order valence-corrected chi connectivity index (χ1v) is 9.53. The van der Waals surface area contributed by atoms with E-state index in [-0.39, 0.29) is 16.8 Å². The fourth-order valence-corrected chi connectivity index (χ4v) is 4.22. The Morgan fingerprint density at radius 1 is 1.17 bits per heavy atom. The number of sulfonamides is 1. The smallest absolute Gasteiger partial charge is 0.254 e. The van der Waals surface area contributed by atoms with E-state index in [9.17, 15) is 13.2 Å². The molecule has 0 bridgehead atoms. The lowest BCUT2D eigenvalue weighted by atomic mass is 10.0. The summed E-state index contributed by atoms with van der Waals surface area (Å²) in [7, 11) is -3.57. The van der Waals surface area contributed by atoms with E-state index in [1.807, 2.05) is 4.90 Å². The Labute approximate surface area is 139 Å². The van der Waals surface area contributed by atoms with E-state index in [2.05, 4.69) is 11.6 Å². The van der Waals surface area contributed by atoms with E-state index < -0.39 is 15.6 Å². The molecule has 6 heteroatoms. The first-order chi connectivity index (χ1) is 10.6. The average molecular weight is 338 g/mol. The number of hydrogen-bond acceptors (Lipinski definition) is 3. The van der Waals surface area contributed by atoms with Gasteiger partial charge in [0.15, 0.2) is 0 Å². The maximum absolute atomic E-state index is 12.6.